The van der Waals surface area contributed by atoms with Gasteiger partial charge < -0.3 is 0 Å². The van der Waals surface area contributed by atoms with Crippen LogP contribution in [0.5, 0.6) is 0 Å². The number of benzene rings is 1. The zero-order valence-electron chi connectivity index (χ0n) is 8.87. The smallest absolute Gasteiger partial charge is 0.116 e. The van der Waals surface area contributed by atoms with E-state index in [0.717, 1.165) is 27.5 Å². The minimum atomic E-state index is 0.613. The standard InChI is InChI=1S/C12H13BrN2/c1-8(2)5-12-10-6-9(13)3-4-11(10)14-7-15-12/h3-4,6-8H,5H2,1-2H3. The van der Waals surface area contributed by atoms with Gasteiger partial charge in [0.05, 0.1) is 11.2 Å². The highest BCUT2D eigenvalue weighted by Gasteiger charge is 2.05. The molecule has 0 fully saturated rings. The molecular weight excluding hydrogens is 252 g/mol. The largest absolute Gasteiger partial charge is 0.241 e. The topological polar surface area (TPSA) is 25.8 Å². The Bertz CT molecular complexity index is 480. The first-order valence-corrected chi connectivity index (χ1v) is 5.85. The Kier molecular flexibility index (Phi) is 3.00. The number of rotatable bonds is 2. The third-order valence-corrected chi connectivity index (χ3v) is 2.77. The fourth-order valence-electron chi connectivity index (χ4n) is 1.63. The summed E-state index contributed by atoms with van der Waals surface area (Å²) < 4.78 is 1.08. The maximum absolute atomic E-state index is 4.36. The van der Waals surface area contributed by atoms with Crippen molar-refractivity contribution in [2.45, 2.75) is 20.3 Å². The summed E-state index contributed by atoms with van der Waals surface area (Å²) in [5.41, 5.74) is 2.15. The summed E-state index contributed by atoms with van der Waals surface area (Å²) in [5, 5.41) is 1.15. The SMILES string of the molecule is CC(C)Cc1ncnc2ccc(Br)cc12. The molecule has 1 heterocycles. The van der Waals surface area contributed by atoms with Crippen LogP contribution in [0.15, 0.2) is 29.0 Å². The van der Waals surface area contributed by atoms with Gasteiger partial charge in [-0.3, -0.25) is 0 Å². The lowest BCUT2D eigenvalue weighted by atomic mass is 10.0. The first-order chi connectivity index (χ1) is 7.16. The Morgan fingerprint density at radius 3 is 2.80 bits per heavy atom. The van der Waals surface area contributed by atoms with E-state index in [9.17, 15) is 0 Å². The molecule has 0 spiro atoms. The van der Waals surface area contributed by atoms with E-state index in [1.807, 2.05) is 12.1 Å². The minimum absolute atomic E-state index is 0.613. The zero-order valence-corrected chi connectivity index (χ0v) is 10.5. The number of aromatic nitrogens is 2. The van der Waals surface area contributed by atoms with Gasteiger partial charge in [0.1, 0.15) is 6.33 Å². The molecule has 2 aromatic rings. The summed E-state index contributed by atoms with van der Waals surface area (Å²) in [6, 6.07) is 6.12. The van der Waals surface area contributed by atoms with Crippen LogP contribution in [0.25, 0.3) is 10.9 Å². The quantitative estimate of drug-likeness (QED) is 0.829. The first kappa shape index (κ1) is 10.6. The molecule has 0 unspecified atom stereocenters. The Balaban J connectivity index is 2.58. The number of hydrogen-bond donors (Lipinski definition) is 0. The Morgan fingerprint density at radius 1 is 1.27 bits per heavy atom. The summed E-state index contributed by atoms with van der Waals surface area (Å²) >= 11 is 3.48. The molecule has 0 radical (unpaired) electrons. The van der Waals surface area contributed by atoms with Crippen LogP contribution in [0.3, 0.4) is 0 Å². The predicted octanol–water partition coefficient (Wildman–Crippen LogP) is 3.59. The van der Waals surface area contributed by atoms with E-state index in [2.05, 4.69) is 45.8 Å². The molecule has 0 aliphatic carbocycles. The van der Waals surface area contributed by atoms with Crippen molar-refractivity contribution in [3.8, 4) is 0 Å². The van der Waals surface area contributed by atoms with Gasteiger partial charge >= 0.3 is 0 Å². The van der Waals surface area contributed by atoms with Crippen molar-refractivity contribution in [3.63, 3.8) is 0 Å². The summed E-state index contributed by atoms with van der Waals surface area (Å²) in [7, 11) is 0. The van der Waals surface area contributed by atoms with E-state index in [-0.39, 0.29) is 0 Å². The van der Waals surface area contributed by atoms with Gasteiger partial charge in [-0.2, -0.15) is 0 Å². The van der Waals surface area contributed by atoms with E-state index < -0.39 is 0 Å². The van der Waals surface area contributed by atoms with Crippen LogP contribution < -0.4 is 0 Å². The van der Waals surface area contributed by atoms with Crippen molar-refractivity contribution in [1.29, 1.82) is 0 Å². The predicted molar refractivity (Wildman–Crippen MR) is 65.8 cm³/mol. The van der Waals surface area contributed by atoms with Crippen LogP contribution >= 0.6 is 15.9 Å². The van der Waals surface area contributed by atoms with Gasteiger partial charge in [0, 0.05) is 9.86 Å². The lowest BCUT2D eigenvalue weighted by Gasteiger charge is -2.07. The van der Waals surface area contributed by atoms with Crippen molar-refractivity contribution in [2.24, 2.45) is 5.92 Å². The fourth-order valence-corrected chi connectivity index (χ4v) is 1.99. The average Bonchev–Trinajstić information content (AvgIpc) is 2.18. The van der Waals surface area contributed by atoms with E-state index in [1.54, 1.807) is 6.33 Å². The molecule has 0 aliphatic heterocycles. The highest BCUT2D eigenvalue weighted by molar-refractivity contribution is 9.10. The van der Waals surface area contributed by atoms with Crippen LogP contribution in [0, 0.1) is 5.92 Å². The molecule has 1 aromatic heterocycles. The molecule has 78 valence electrons. The summed E-state index contributed by atoms with van der Waals surface area (Å²) in [6.07, 6.45) is 2.64. The molecule has 0 aliphatic rings. The Labute approximate surface area is 97.9 Å². The summed E-state index contributed by atoms with van der Waals surface area (Å²) in [5.74, 6) is 0.613. The third kappa shape index (κ3) is 2.34. The monoisotopic (exact) mass is 264 g/mol. The normalized spacial score (nSPS) is 11.2. The molecule has 0 N–H and O–H groups in total. The molecule has 0 atom stereocenters. The second kappa shape index (κ2) is 4.27. The van der Waals surface area contributed by atoms with Gasteiger partial charge in [-0.1, -0.05) is 29.8 Å². The van der Waals surface area contributed by atoms with Crippen molar-refractivity contribution in [1.82, 2.24) is 9.97 Å². The third-order valence-electron chi connectivity index (χ3n) is 2.28. The average molecular weight is 265 g/mol. The number of hydrogen-bond acceptors (Lipinski definition) is 2. The molecule has 0 amide bonds. The highest BCUT2D eigenvalue weighted by Crippen LogP contribution is 2.21. The molecular formula is C12H13BrN2. The van der Waals surface area contributed by atoms with Gasteiger partial charge in [0.25, 0.3) is 0 Å². The molecule has 1 aromatic carbocycles. The number of nitrogens with zero attached hydrogens (tertiary/aromatic N) is 2. The second-order valence-electron chi connectivity index (χ2n) is 4.08. The lowest BCUT2D eigenvalue weighted by Crippen LogP contribution is -1.99. The van der Waals surface area contributed by atoms with Crippen molar-refractivity contribution >= 4 is 26.8 Å². The Morgan fingerprint density at radius 2 is 2.07 bits per heavy atom. The molecule has 0 bridgehead atoms. The maximum atomic E-state index is 4.36. The van der Waals surface area contributed by atoms with Gasteiger partial charge in [-0.25, -0.2) is 9.97 Å². The second-order valence-corrected chi connectivity index (χ2v) is 5.00. The molecule has 0 saturated heterocycles. The highest BCUT2D eigenvalue weighted by atomic mass is 79.9. The van der Waals surface area contributed by atoms with Gasteiger partial charge in [0.15, 0.2) is 0 Å². The molecule has 2 rings (SSSR count). The molecule has 3 heteroatoms. The molecule has 2 nitrogen and oxygen atoms in total. The van der Waals surface area contributed by atoms with Gasteiger partial charge in [-0.15, -0.1) is 0 Å². The fraction of sp³-hybridized carbons (Fsp3) is 0.333. The lowest BCUT2D eigenvalue weighted by molar-refractivity contribution is 0.638. The molecule has 15 heavy (non-hydrogen) atoms. The van der Waals surface area contributed by atoms with Crippen molar-refractivity contribution in [2.75, 3.05) is 0 Å². The minimum Gasteiger partial charge on any atom is -0.241 e. The van der Waals surface area contributed by atoms with Crippen molar-refractivity contribution < 1.29 is 0 Å². The number of halogens is 1. The van der Waals surface area contributed by atoms with Crippen molar-refractivity contribution in [3.05, 3.63) is 34.7 Å². The van der Waals surface area contributed by atoms with E-state index in [1.165, 1.54) is 0 Å². The van der Waals surface area contributed by atoms with Crippen LogP contribution in [-0.4, -0.2) is 9.97 Å². The van der Waals surface area contributed by atoms with Gasteiger partial charge in [0.2, 0.25) is 0 Å². The van der Waals surface area contributed by atoms with Crippen LogP contribution in [-0.2, 0) is 6.42 Å². The maximum Gasteiger partial charge on any atom is 0.116 e. The van der Waals surface area contributed by atoms with Gasteiger partial charge in [-0.05, 0) is 30.5 Å². The van der Waals surface area contributed by atoms with Crippen LogP contribution in [0.4, 0.5) is 0 Å². The summed E-state index contributed by atoms with van der Waals surface area (Å²) in [4.78, 5) is 8.61. The molecule has 0 saturated carbocycles. The van der Waals surface area contributed by atoms with Crippen LogP contribution in [0.2, 0.25) is 0 Å². The Hall–Kier alpha value is -0.960. The first-order valence-electron chi connectivity index (χ1n) is 5.06. The zero-order chi connectivity index (χ0) is 10.8. The van der Waals surface area contributed by atoms with E-state index >= 15 is 0 Å². The van der Waals surface area contributed by atoms with E-state index in [0.29, 0.717) is 5.92 Å². The van der Waals surface area contributed by atoms with E-state index in [4.69, 9.17) is 0 Å². The summed E-state index contributed by atoms with van der Waals surface area (Å²) in [6.45, 7) is 4.40. The van der Waals surface area contributed by atoms with Crippen LogP contribution in [0.1, 0.15) is 19.5 Å². The number of fused-ring (bicyclic) bond motifs is 1.